The minimum absolute atomic E-state index is 0.0216. The molecule has 0 saturated carbocycles. The monoisotopic (exact) mass is 828 g/mol. The molecule has 3 N–H and O–H groups in total. The number of carbonyl (C=O) groups is 3. The van der Waals surface area contributed by atoms with Crippen LogP contribution >= 0.6 is 11.3 Å². The first-order valence-corrected chi connectivity index (χ1v) is 20.1. The van der Waals surface area contributed by atoms with E-state index in [0.29, 0.717) is 62.2 Å². The maximum atomic E-state index is 14.3. The number of tetrazole rings is 1. The second-order valence-corrected chi connectivity index (χ2v) is 16.9. The number of carbonyl (C=O) groups excluding carboxylic acids is 2. The molecule has 0 bridgehead atoms. The number of anilines is 2. The van der Waals surface area contributed by atoms with E-state index in [9.17, 15) is 19.2 Å². The van der Waals surface area contributed by atoms with Crippen LogP contribution in [0.4, 0.5) is 15.7 Å². The van der Waals surface area contributed by atoms with Crippen LogP contribution in [0.1, 0.15) is 73.0 Å². The molecule has 1 saturated heterocycles. The molecular weight excluding hydrogens is 779 g/mol. The summed E-state index contributed by atoms with van der Waals surface area (Å²) in [6, 6.07) is 10.6. The number of fused-ring (bicyclic) bond motifs is 1. The molecule has 6 rings (SSSR count). The minimum atomic E-state index is -0.885. The van der Waals surface area contributed by atoms with Crippen molar-refractivity contribution in [2.45, 2.75) is 58.1 Å². The number of carboxylic acids is 1. The topological polar surface area (TPSA) is 208 Å². The highest BCUT2D eigenvalue weighted by Gasteiger charge is 2.28. The molecule has 312 valence electrons. The molecule has 2 amide bonds. The number of hydrogen-bond acceptors (Lipinski definition) is 13. The van der Waals surface area contributed by atoms with Crippen molar-refractivity contribution in [1.29, 1.82) is 0 Å². The van der Waals surface area contributed by atoms with Crippen molar-refractivity contribution in [3.8, 4) is 5.75 Å². The van der Waals surface area contributed by atoms with E-state index in [0.717, 1.165) is 17.0 Å². The van der Waals surface area contributed by atoms with Gasteiger partial charge >= 0.3 is 12.1 Å². The Morgan fingerprint density at radius 1 is 1.10 bits per heavy atom. The number of rotatable bonds is 15. The number of likely N-dealkylation sites (N-methyl/N-ethyl adjacent to an activating group) is 1. The van der Waals surface area contributed by atoms with Crippen LogP contribution in [-0.2, 0) is 21.5 Å². The molecule has 0 aliphatic carbocycles. The second-order valence-electron chi connectivity index (χ2n) is 16.0. The summed E-state index contributed by atoms with van der Waals surface area (Å²) in [4.78, 5) is 63.2. The quantitative estimate of drug-likeness (QED) is 0.100. The molecule has 1 atom stereocenters. The molecule has 59 heavy (non-hydrogen) atoms. The number of ether oxygens (including phenoxy) is 2. The lowest BCUT2D eigenvalue weighted by atomic mass is 9.93. The van der Waals surface area contributed by atoms with Crippen LogP contribution in [0.3, 0.4) is 0 Å². The maximum absolute atomic E-state index is 14.3. The maximum Gasteiger partial charge on any atom is 0.407 e. The number of pyridine rings is 1. The van der Waals surface area contributed by atoms with Crippen molar-refractivity contribution in [3.63, 3.8) is 0 Å². The van der Waals surface area contributed by atoms with Gasteiger partial charge in [0, 0.05) is 42.1 Å². The first-order valence-electron chi connectivity index (χ1n) is 19.2. The van der Waals surface area contributed by atoms with Gasteiger partial charge in [0.1, 0.15) is 23.3 Å². The van der Waals surface area contributed by atoms with Crippen LogP contribution in [-0.4, -0.2) is 122 Å². The van der Waals surface area contributed by atoms with Gasteiger partial charge in [-0.1, -0.05) is 32.9 Å². The molecule has 5 heterocycles. The third-order valence-electron chi connectivity index (χ3n) is 9.77. The second kappa shape index (κ2) is 18.2. The van der Waals surface area contributed by atoms with Gasteiger partial charge in [0.2, 0.25) is 0 Å². The van der Waals surface area contributed by atoms with Gasteiger partial charge in [-0.05, 0) is 65.2 Å². The first-order chi connectivity index (χ1) is 28.1. The Hall–Kier alpha value is -6.21. The average Bonchev–Trinajstić information content (AvgIpc) is 3.85. The lowest BCUT2D eigenvalue weighted by Crippen LogP contribution is -2.46. The Morgan fingerprint density at radius 2 is 1.88 bits per heavy atom. The van der Waals surface area contributed by atoms with E-state index in [1.807, 2.05) is 69.4 Å². The van der Waals surface area contributed by atoms with Crippen LogP contribution in [0.2, 0.25) is 0 Å². The van der Waals surface area contributed by atoms with Crippen LogP contribution in [0, 0.1) is 0 Å². The van der Waals surface area contributed by atoms with Crippen LogP contribution in [0.15, 0.2) is 52.8 Å². The van der Waals surface area contributed by atoms with E-state index < -0.39 is 24.1 Å². The van der Waals surface area contributed by atoms with E-state index in [2.05, 4.69) is 31.1 Å². The molecule has 0 radical (unpaired) electrons. The summed E-state index contributed by atoms with van der Waals surface area (Å²) in [5, 5.41) is 29.4. The summed E-state index contributed by atoms with van der Waals surface area (Å²) >= 11 is 1.34. The predicted octanol–water partition coefficient (Wildman–Crippen LogP) is 4.16. The molecule has 5 aromatic rings. The summed E-state index contributed by atoms with van der Waals surface area (Å²) < 4.78 is 14.4. The summed E-state index contributed by atoms with van der Waals surface area (Å²) in [6.45, 7) is 8.16. The van der Waals surface area contributed by atoms with Gasteiger partial charge in [-0.15, -0.1) is 16.4 Å². The Balaban J connectivity index is 1.26. The standard InChI is InChI=1S/C40H49N11O7S/c1-40(2,3)31-25-59-38(42-31)44-36(54)27-16-19-49-33(21-27)43-35(48-18-7-9-29(23-48)58-39(56)41-17-8-20-51(4,5)24-34(52)53)30(37(49)55)14-15-32-45-46-47-50(32)22-26-10-12-28(57-6)13-11-26/h10-16,19,21,25,29H,7-9,17-18,20,22-24H2,1-6H3,(H2-,41,42,44,52,53,54,56)/p+1/b15-14+/t29-/m1/s1. The van der Waals surface area contributed by atoms with Crippen molar-refractivity contribution >= 4 is 58.1 Å². The van der Waals surface area contributed by atoms with Gasteiger partial charge in [-0.3, -0.25) is 19.3 Å². The van der Waals surface area contributed by atoms with Crippen LogP contribution in [0.25, 0.3) is 17.8 Å². The fourth-order valence-electron chi connectivity index (χ4n) is 6.58. The highest BCUT2D eigenvalue weighted by molar-refractivity contribution is 7.14. The van der Waals surface area contributed by atoms with Gasteiger partial charge in [0.15, 0.2) is 17.5 Å². The van der Waals surface area contributed by atoms with Crippen molar-refractivity contribution < 1.29 is 33.4 Å². The van der Waals surface area contributed by atoms with Gasteiger partial charge in [-0.25, -0.2) is 24.2 Å². The number of thiazole rings is 1. The zero-order valence-corrected chi connectivity index (χ0v) is 34.9. The lowest BCUT2D eigenvalue weighted by molar-refractivity contribution is -0.883. The number of piperidine rings is 1. The Bertz CT molecular complexity index is 2380. The third kappa shape index (κ3) is 11.1. The molecule has 4 aromatic heterocycles. The van der Waals surface area contributed by atoms with Gasteiger partial charge in [-0.2, -0.15) is 0 Å². The van der Waals surface area contributed by atoms with Gasteiger partial charge < -0.3 is 29.3 Å². The van der Waals surface area contributed by atoms with E-state index in [4.69, 9.17) is 19.6 Å². The smallest absolute Gasteiger partial charge is 0.407 e. The average molecular weight is 829 g/mol. The number of nitrogens with one attached hydrogen (secondary N) is 2. The number of amides is 2. The fraction of sp³-hybridized carbons (Fsp3) is 0.425. The molecular formula is C40H50N11O7S+. The van der Waals surface area contributed by atoms with Gasteiger partial charge in [0.05, 0.1) is 52.1 Å². The number of nitrogens with zero attached hydrogens (tertiary/aromatic N) is 9. The SMILES string of the molecule is COc1ccc(Cn2nnnc2/C=C/c2c(N3CCC[C@@H](OC(=O)NCCC[N+](C)(C)CC(=O)O)C3)nc3cc(C(=O)Nc4nc(C(C)(C)C)cs4)ccn3c2=O)cc1. The van der Waals surface area contributed by atoms with E-state index >= 15 is 0 Å². The van der Waals surface area contributed by atoms with Gasteiger partial charge in [0.25, 0.3) is 11.5 Å². The molecule has 1 aromatic carbocycles. The summed E-state index contributed by atoms with van der Waals surface area (Å²) in [7, 11) is 5.25. The first kappa shape index (κ1) is 42.4. The molecule has 1 aliphatic rings. The molecule has 0 spiro atoms. The normalized spacial score (nSPS) is 14.7. The Labute approximate surface area is 345 Å². The number of methoxy groups -OCH3 is 1. The number of carboxylic acid groups (broad SMARTS) is 1. The number of aromatic nitrogens is 7. The number of hydrogen-bond donors (Lipinski definition) is 3. The zero-order valence-electron chi connectivity index (χ0n) is 34.0. The van der Waals surface area contributed by atoms with Crippen molar-refractivity contribution in [2.24, 2.45) is 0 Å². The van der Waals surface area contributed by atoms with E-state index in [1.54, 1.807) is 36.1 Å². The third-order valence-corrected chi connectivity index (χ3v) is 10.5. The summed E-state index contributed by atoms with van der Waals surface area (Å²) in [5.41, 5.74) is 2.03. The van der Waals surface area contributed by atoms with Crippen LogP contribution in [0.5, 0.6) is 5.75 Å². The number of alkyl carbamates (subject to hydrolysis) is 1. The van der Waals surface area contributed by atoms with Crippen LogP contribution < -0.4 is 25.8 Å². The summed E-state index contributed by atoms with van der Waals surface area (Å²) in [5.74, 6) is 0.196. The van der Waals surface area contributed by atoms with E-state index in [-0.39, 0.29) is 45.3 Å². The van der Waals surface area contributed by atoms with Crippen molar-refractivity contribution in [2.75, 3.05) is 64.1 Å². The molecule has 0 unspecified atom stereocenters. The zero-order chi connectivity index (χ0) is 42.3. The predicted molar refractivity (Wildman–Crippen MR) is 223 cm³/mol. The highest BCUT2D eigenvalue weighted by Crippen LogP contribution is 2.28. The van der Waals surface area contributed by atoms with Crippen molar-refractivity contribution in [1.82, 2.24) is 39.9 Å². The highest BCUT2D eigenvalue weighted by atomic mass is 32.1. The molecule has 1 aliphatic heterocycles. The summed E-state index contributed by atoms with van der Waals surface area (Å²) in [6.07, 6.45) is 5.53. The lowest BCUT2D eigenvalue weighted by Gasteiger charge is -2.34. The number of quaternary nitrogens is 1. The van der Waals surface area contributed by atoms with E-state index in [1.165, 1.54) is 21.9 Å². The fourth-order valence-corrected chi connectivity index (χ4v) is 7.51. The minimum Gasteiger partial charge on any atom is -0.497 e. The molecule has 1 fully saturated rings. The Morgan fingerprint density at radius 3 is 2.59 bits per heavy atom. The van der Waals surface area contributed by atoms with Crippen molar-refractivity contribution in [3.05, 3.63) is 86.5 Å². The molecule has 19 heteroatoms. The number of benzene rings is 1. The Kier molecular flexibility index (Phi) is 13.0. The number of aliphatic carboxylic acids is 1. The largest absolute Gasteiger partial charge is 0.497 e. The molecule has 18 nitrogen and oxygen atoms in total.